The molecule has 0 amide bonds. The van der Waals surface area contributed by atoms with E-state index in [1.165, 1.54) is 0 Å². The number of ether oxygens (including phenoxy) is 1. The smallest absolute Gasteiger partial charge is 0.139 e. The molecule has 0 unspecified atom stereocenters. The maximum absolute atomic E-state index is 5.00. The summed E-state index contributed by atoms with van der Waals surface area (Å²) < 4.78 is 5.00. The predicted octanol–water partition coefficient (Wildman–Crippen LogP) is 1.37. The molecule has 0 aliphatic carbocycles. The Kier molecular flexibility index (Phi) is 1.28. The van der Waals surface area contributed by atoms with Crippen molar-refractivity contribution in [3.63, 3.8) is 0 Å². The van der Waals surface area contributed by atoms with Crippen molar-refractivity contribution in [2.24, 2.45) is 0 Å². The number of aromatic nitrogens is 2. The number of methoxy groups -OCH3 is 1. The molecule has 0 aliphatic rings. The minimum absolute atomic E-state index is 0.758. The van der Waals surface area contributed by atoms with Crippen molar-refractivity contribution in [1.29, 1.82) is 0 Å². The highest BCUT2D eigenvalue weighted by molar-refractivity contribution is 5.75. The third-order valence-electron chi connectivity index (χ3n) is 1.54. The van der Waals surface area contributed by atoms with E-state index in [-0.39, 0.29) is 0 Å². The first kappa shape index (κ1) is 6.22. The highest BCUT2D eigenvalue weighted by Gasteiger charge is 1.96. The van der Waals surface area contributed by atoms with Crippen LogP contribution in [0.5, 0.6) is 5.75 Å². The van der Waals surface area contributed by atoms with E-state index in [0.717, 1.165) is 16.8 Å². The lowest BCUT2D eigenvalue weighted by Gasteiger charge is -1.96. The molecule has 0 atom stereocenters. The Hall–Kier alpha value is -1.51. The minimum Gasteiger partial charge on any atom is -0.495 e. The lowest BCUT2D eigenvalue weighted by molar-refractivity contribution is 0.413. The fourth-order valence-electron chi connectivity index (χ4n) is 0.965. The normalized spacial score (nSPS) is 10.3. The number of nitrogens with zero attached hydrogens (tertiary/aromatic N) is 1. The van der Waals surface area contributed by atoms with Gasteiger partial charge >= 0.3 is 0 Å². The van der Waals surface area contributed by atoms with Gasteiger partial charge in [-0.1, -0.05) is 0 Å². The number of hydrogen-bond donors (Lipinski definition) is 1. The fourth-order valence-corrected chi connectivity index (χ4v) is 0.965. The number of pyridine rings is 1. The van der Waals surface area contributed by atoms with Crippen molar-refractivity contribution in [2.45, 2.75) is 0 Å². The van der Waals surface area contributed by atoms with E-state index in [9.17, 15) is 0 Å². The van der Waals surface area contributed by atoms with Gasteiger partial charge in [0.1, 0.15) is 5.75 Å². The average molecular weight is 147 g/mol. The first-order valence-corrected chi connectivity index (χ1v) is 3.29. The molecule has 0 bridgehead atoms. The number of aromatic amines is 1. The molecule has 11 heavy (non-hydrogen) atoms. The second kappa shape index (κ2) is 2.27. The summed E-state index contributed by atoms with van der Waals surface area (Å²) in [6, 6.07) is 3.69. The van der Waals surface area contributed by atoms with Crippen LogP contribution in [0.2, 0.25) is 0 Å². The minimum atomic E-state index is 0.758. The van der Waals surface area contributed by atoms with Crippen LogP contribution in [-0.4, -0.2) is 17.1 Å². The Morgan fingerprint density at radius 2 is 2.55 bits per heavy atom. The van der Waals surface area contributed by atoms with E-state index in [1.807, 2.05) is 6.07 Å². The molecule has 0 saturated carbocycles. The molecule has 0 aromatic carbocycles. The molecule has 2 heterocycles. The van der Waals surface area contributed by atoms with E-state index < -0.39 is 0 Å². The molecule has 1 N–H and O–H groups in total. The summed E-state index contributed by atoms with van der Waals surface area (Å²) >= 11 is 0. The fraction of sp³-hybridized carbons (Fsp3) is 0.125. The van der Waals surface area contributed by atoms with Gasteiger partial charge in [-0.25, -0.2) is 0 Å². The molecule has 1 radical (unpaired) electrons. The van der Waals surface area contributed by atoms with Crippen LogP contribution in [0.1, 0.15) is 0 Å². The molecule has 0 spiro atoms. The van der Waals surface area contributed by atoms with Crippen LogP contribution in [0.4, 0.5) is 0 Å². The average Bonchev–Trinajstić information content (AvgIpc) is 2.50. The Balaban J connectivity index is 2.67. The summed E-state index contributed by atoms with van der Waals surface area (Å²) in [6.07, 6.45) is 4.53. The summed E-state index contributed by atoms with van der Waals surface area (Å²) in [5, 5.41) is 0. The Labute approximate surface area is 64.0 Å². The summed E-state index contributed by atoms with van der Waals surface area (Å²) in [4.78, 5) is 7.05. The summed E-state index contributed by atoms with van der Waals surface area (Å²) in [7, 11) is 1.62. The highest BCUT2D eigenvalue weighted by atomic mass is 16.5. The molecule has 3 nitrogen and oxygen atoms in total. The SMILES string of the molecule is COc1cnc2c[c][nH]c2c1. The Bertz CT molecular complexity index is 367. The van der Waals surface area contributed by atoms with Gasteiger partial charge < -0.3 is 9.72 Å². The number of fused-ring (bicyclic) bond motifs is 1. The Morgan fingerprint density at radius 1 is 1.64 bits per heavy atom. The molecule has 2 rings (SSSR count). The van der Waals surface area contributed by atoms with Crippen LogP contribution < -0.4 is 4.74 Å². The standard InChI is InChI=1S/C8H7N2O/c1-11-6-4-8-7(10-5-6)2-3-9-8/h2,4-5,9H,1H3. The van der Waals surface area contributed by atoms with Gasteiger partial charge in [0.2, 0.25) is 0 Å². The van der Waals surface area contributed by atoms with E-state index in [0.29, 0.717) is 0 Å². The van der Waals surface area contributed by atoms with E-state index in [2.05, 4.69) is 16.2 Å². The second-order valence-electron chi connectivity index (χ2n) is 2.22. The van der Waals surface area contributed by atoms with Crippen molar-refractivity contribution in [3.05, 3.63) is 24.5 Å². The first-order chi connectivity index (χ1) is 5.40. The quantitative estimate of drug-likeness (QED) is 0.661. The molecule has 2 aromatic heterocycles. The van der Waals surface area contributed by atoms with Gasteiger partial charge in [0.15, 0.2) is 0 Å². The van der Waals surface area contributed by atoms with Crippen LogP contribution in [0.3, 0.4) is 0 Å². The first-order valence-electron chi connectivity index (χ1n) is 3.29. The van der Waals surface area contributed by atoms with E-state index in [1.54, 1.807) is 19.4 Å². The number of H-pyrrole nitrogens is 1. The molecule has 0 saturated heterocycles. The van der Waals surface area contributed by atoms with Crippen molar-refractivity contribution in [3.8, 4) is 5.75 Å². The maximum Gasteiger partial charge on any atom is 0.139 e. The van der Waals surface area contributed by atoms with Crippen LogP contribution in [0.25, 0.3) is 11.0 Å². The Morgan fingerprint density at radius 3 is 3.36 bits per heavy atom. The summed E-state index contributed by atoms with van der Waals surface area (Å²) in [6.45, 7) is 0. The van der Waals surface area contributed by atoms with Crippen molar-refractivity contribution < 1.29 is 4.74 Å². The zero-order chi connectivity index (χ0) is 7.68. The van der Waals surface area contributed by atoms with Gasteiger partial charge in [-0.15, -0.1) is 0 Å². The predicted molar refractivity (Wildman–Crippen MR) is 41.5 cm³/mol. The summed E-state index contributed by atoms with van der Waals surface area (Å²) in [5.74, 6) is 0.758. The molecular weight excluding hydrogens is 140 g/mol. The second-order valence-corrected chi connectivity index (χ2v) is 2.22. The molecule has 0 fully saturated rings. The lowest BCUT2D eigenvalue weighted by Crippen LogP contribution is -1.83. The third-order valence-corrected chi connectivity index (χ3v) is 1.54. The molecule has 3 heteroatoms. The maximum atomic E-state index is 5.00. The summed E-state index contributed by atoms with van der Waals surface area (Å²) in [5.41, 5.74) is 1.86. The third kappa shape index (κ3) is 0.941. The number of rotatable bonds is 1. The lowest BCUT2D eigenvalue weighted by atomic mass is 10.4. The van der Waals surface area contributed by atoms with Crippen molar-refractivity contribution >= 4 is 11.0 Å². The number of nitrogens with one attached hydrogen (secondary N) is 1. The van der Waals surface area contributed by atoms with Crippen LogP contribution in [-0.2, 0) is 0 Å². The highest BCUT2D eigenvalue weighted by Crippen LogP contribution is 2.15. The van der Waals surface area contributed by atoms with E-state index in [4.69, 9.17) is 4.74 Å². The molecular formula is C8H7N2O. The monoisotopic (exact) mass is 147 g/mol. The topological polar surface area (TPSA) is 37.9 Å². The van der Waals surface area contributed by atoms with Crippen molar-refractivity contribution in [2.75, 3.05) is 7.11 Å². The van der Waals surface area contributed by atoms with Gasteiger partial charge in [0.05, 0.1) is 30.5 Å². The largest absolute Gasteiger partial charge is 0.495 e. The van der Waals surface area contributed by atoms with Gasteiger partial charge in [0.25, 0.3) is 0 Å². The van der Waals surface area contributed by atoms with Crippen LogP contribution >= 0.6 is 0 Å². The van der Waals surface area contributed by atoms with Crippen molar-refractivity contribution in [1.82, 2.24) is 9.97 Å². The van der Waals surface area contributed by atoms with Gasteiger partial charge in [-0.3, -0.25) is 4.98 Å². The molecule has 0 aliphatic heterocycles. The van der Waals surface area contributed by atoms with Crippen LogP contribution in [0.15, 0.2) is 18.3 Å². The van der Waals surface area contributed by atoms with Gasteiger partial charge in [0, 0.05) is 6.07 Å². The van der Waals surface area contributed by atoms with Gasteiger partial charge in [-0.05, 0) is 6.07 Å². The zero-order valence-electron chi connectivity index (χ0n) is 6.09. The van der Waals surface area contributed by atoms with Crippen LogP contribution in [0, 0.1) is 6.20 Å². The van der Waals surface area contributed by atoms with Gasteiger partial charge in [-0.2, -0.15) is 0 Å². The van der Waals surface area contributed by atoms with E-state index >= 15 is 0 Å². The zero-order valence-corrected chi connectivity index (χ0v) is 6.09. The molecule has 55 valence electrons. The number of hydrogen-bond acceptors (Lipinski definition) is 2. The molecule has 2 aromatic rings.